The molecule has 0 bridgehead atoms. The van der Waals surface area contributed by atoms with Crippen molar-refractivity contribution in [3.63, 3.8) is 0 Å². The molecule has 2 rings (SSSR count). The molecule has 0 spiro atoms. The van der Waals surface area contributed by atoms with Crippen LogP contribution in [0.3, 0.4) is 0 Å². The number of anilines is 1. The lowest BCUT2D eigenvalue weighted by molar-refractivity contribution is -0.116. The van der Waals surface area contributed by atoms with Crippen LogP contribution in [-0.4, -0.2) is 12.5 Å². The predicted molar refractivity (Wildman–Crippen MR) is 86.3 cm³/mol. The van der Waals surface area contributed by atoms with Crippen molar-refractivity contribution in [2.45, 2.75) is 12.8 Å². The summed E-state index contributed by atoms with van der Waals surface area (Å²) in [4.78, 5) is 11.8. The zero-order valence-corrected chi connectivity index (χ0v) is 12.8. The molecule has 1 amide bonds. The molecular formula is C16H15Cl2NO2. The zero-order valence-electron chi connectivity index (χ0n) is 11.3. The molecule has 0 radical (unpaired) electrons. The van der Waals surface area contributed by atoms with Crippen molar-refractivity contribution < 1.29 is 9.53 Å². The number of hydrogen-bond donors (Lipinski definition) is 1. The van der Waals surface area contributed by atoms with Crippen LogP contribution in [0.4, 0.5) is 5.69 Å². The van der Waals surface area contributed by atoms with Crippen LogP contribution in [-0.2, 0) is 4.79 Å². The minimum absolute atomic E-state index is 0.0926. The van der Waals surface area contributed by atoms with Gasteiger partial charge in [0.1, 0.15) is 5.75 Å². The number of nitrogens with one attached hydrogen (secondary N) is 1. The highest BCUT2D eigenvalue weighted by Gasteiger charge is 2.04. The van der Waals surface area contributed by atoms with Gasteiger partial charge in [-0.3, -0.25) is 4.79 Å². The molecular weight excluding hydrogens is 309 g/mol. The van der Waals surface area contributed by atoms with Gasteiger partial charge in [0.25, 0.3) is 0 Å². The van der Waals surface area contributed by atoms with E-state index in [4.69, 9.17) is 27.9 Å². The molecule has 0 atom stereocenters. The van der Waals surface area contributed by atoms with Crippen molar-refractivity contribution in [1.82, 2.24) is 0 Å². The average Bonchev–Trinajstić information content (AvgIpc) is 2.43. The van der Waals surface area contributed by atoms with Crippen LogP contribution in [0.25, 0.3) is 0 Å². The lowest BCUT2D eigenvalue weighted by Gasteiger charge is -2.07. The topological polar surface area (TPSA) is 38.3 Å². The first-order valence-electron chi connectivity index (χ1n) is 6.57. The normalized spacial score (nSPS) is 10.2. The minimum atomic E-state index is -0.0926. The average molecular weight is 324 g/mol. The minimum Gasteiger partial charge on any atom is -0.494 e. The molecule has 110 valence electrons. The van der Waals surface area contributed by atoms with E-state index in [9.17, 15) is 4.79 Å². The van der Waals surface area contributed by atoms with Crippen LogP contribution in [0, 0.1) is 0 Å². The quantitative estimate of drug-likeness (QED) is 0.776. The Labute approximate surface area is 133 Å². The van der Waals surface area contributed by atoms with E-state index < -0.39 is 0 Å². The van der Waals surface area contributed by atoms with E-state index >= 15 is 0 Å². The molecule has 0 aromatic heterocycles. The van der Waals surface area contributed by atoms with Gasteiger partial charge in [-0.25, -0.2) is 0 Å². The molecule has 0 aliphatic heterocycles. The van der Waals surface area contributed by atoms with Crippen molar-refractivity contribution in [2.24, 2.45) is 0 Å². The summed E-state index contributed by atoms with van der Waals surface area (Å²) in [6.45, 7) is 0.494. The number of ether oxygens (including phenoxy) is 1. The van der Waals surface area contributed by atoms with Crippen molar-refractivity contribution in [1.29, 1.82) is 0 Å². The van der Waals surface area contributed by atoms with E-state index in [0.717, 1.165) is 5.75 Å². The van der Waals surface area contributed by atoms with Crippen LogP contribution >= 0.6 is 23.2 Å². The molecule has 0 aliphatic rings. The lowest BCUT2D eigenvalue weighted by Crippen LogP contribution is -2.12. The molecule has 0 aliphatic carbocycles. The highest BCUT2D eigenvalue weighted by Crippen LogP contribution is 2.22. The molecule has 1 N–H and O–H groups in total. The summed E-state index contributed by atoms with van der Waals surface area (Å²) in [5, 5.41) is 3.74. The van der Waals surface area contributed by atoms with Gasteiger partial charge in [-0.05, 0) is 36.8 Å². The number of amides is 1. The van der Waals surface area contributed by atoms with Gasteiger partial charge < -0.3 is 10.1 Å². The Hall–Kier alpha value is -1.71. The van der Waals surface area contributed by atoms with Gasteiger partial charge >= 0.3 is 0 Å². The Balaban J connectivity index is 1.72. The van der Waals surface area contributed by atoms with Crippen LogP contribution in [0.1, 0.15) is 12.8 Å². The summed E-state index contributed by atoms with van der Waals surface area (Å²) in [5.41, 5.74) is 0.599. The molecule has 0 heterocycles. The van der Waals surface area contributed by atoms with Gasteiger partial charge in [-0.1, -0.05) is 41.4 Å². The monoisotopic (exact) mass is 323 g/mol. The number of benzene rings is 2. The van der Waals surface area contributed by atoms with Crippen LogP contribution in [0.15, 0.2) is 48.5 Å². The van der Waals surface area contributed by atoms with E-state index in [1.807, 2.05) is 30.3 Å². The first-order valence-corrected chi connectivity index (χ1v) is 7.33. The summed E-state index contributed by atoms with van der Waals surface area (Å²) in [6, 6.07) is 14.4. The van der Waals surface area contributed by atoms with Gasteiger partial charge in [-0.2, -0.15) is 0 Å². The van der Waals surface area contributed by atoms with E-state index in [0.29, 0.717) is 35.2 Å². The SMILES string of the molecule is O=C(CCCOc1ccccc1)Nc1cc(Cl)cc(Cl)c1. The second kappa shape index (κ2) is 7.91. The molecule has 0 saturated carbocycles. The van der Waals surface area contributed by atoms with Gasteiger partial charge in [-0.15, -0.1) is 0 Å². The Bertz CT molecular complexity index is 582. The molecule has 0 fully saturated rings. The van der Waals surface area contributed by atoms with Crippen molar-refractivity contribution in [3.8, 4) is 5.75 Å². The zero-order chi connectivity index (χ0) is 15.1. The van der Waals surface area contributed by atoms with Crippen LogP contribution < -0.4 is 10.1 Å². The Morgan fingerprint density at radius 2 is 1.71 bits per heavy atom. The number of rotatable bonds is 6. The predicted octanol–water partition coefficient (Wildman–Crippen LogP) is 4.79. The van der Waals surface area contributed by atoms with Gasteiger partial charge in [0, 0.05) is 22.2 Å². The first kappa shape index (κ1) is 15.7. The highest BCUT2D eigenvalue weighted by atomic mass is 35.5. The van der Waals surface area contributed by atoms with E-state index in [1.54, 1.807) is 18.2 Å². The molecule has 5 heteroatoms. The highest BCUT2D eigenvalue weighted by molar-refractivity contribution is 6.35. The lowest BCUT2D eigenvalue weighted by atomic mass is 10.2. The smallest absolute Gasteiger partial charge is 0.224 e. The fourth-order valence-electron chi connectivity index (χ4n) is 1.79. The molecule has 2 aromatic carbocycles. The number of halogens is 2. The number of carbonyl (C=O) groups excluding carboxylic acids is 1. The molecule has 0 unspecified atom stereocenters. The molecule has 3 nitrogen and oxygen atoms in total. The molecule has 0 saturated heterocycles. The molecule has 2 aromatic rings. The summed E-state index contributed by atoms with van der Waals surface area (Å²) < 4.78 is 5.52. The summed E-state index contributed by atoms with van der Waals surface area (Å²) in [5.74, 6) is 0.713. The Kier molecular flexibility index (Phi) is 5.90. The van der Waals surface area contributed by atoms with Crippen molar-refractivity contribution in [3.05, 3.63) is 58.6 Å². The second-order valence-corrected chi connectivity index (χ2v) is 5.34. The van der Waals surface area contributed by atoms with Crippen molar-refractivity contribution in [2.75, 3.05) is 11.9 Å². The van der Waals surface area contributed by atoms with Crippen molar-refractivity contribution >= 4 is 34.8 Å². The van der Waals surface area contributed by atoms with Crippen LogP contribution in [0.5, 0.6) is 5.75 Å². The number of carbonyl (C=O) groups is 1. The fourth-order valence-corrected chi connectivity index (χ4v) is 2.31. The van der Waals surface area contributed by atoms with E-state index in [-0.39, 0.29) is 5.91 Å². The second-order valence-electron chi connectivity index (χ2n) is 4.47. The van der Waals surface area contributed by atoms with Gasteiger partial charge in [0.15, 0.2) is 0 Å². The maximum Gasteiger partial charge on any atom is 0.224 e. The fraction of sp³-hybridized carbons (Fsp3) is 0.188. The maximum absolute atomic E-state index is 11.8. The third-order valence-corrected chi connectivity index (χ3v) is 3.14. The maximum atomic E-state index is 11.8. The third kappa shape index (κ3) is 5.66. The van der Waals surface area contributed by atoms with E-state index in [2.05, 4.69) is 5.32 Å². The number of hydrogen-bond acceptors (Lipinski definition) is 2. The first-order chi connectivity index (χ1) is 10.1. The van der Waals surface area contributed by atoms with Crippen LogP contribution in [0.2, 0.25) is 10.0 Å². The number of para-hydroxylation sites is 1. The van der Waals surface area contributed by atoms with Gasteiger partial charge in [0.05, 0.1) is 6.61 Å². The molecule has 21 heavy (non-hydrogen) atoms. The Morgan fingerprint density at radius 3 is 2.38 bits per heavy atom. The Morgan fingerprint density at radius 1 is 1.05 bits per heavy atom. The third-order valence-electron chi connectivity index (χ3n) is 2.71. The summed E-state index contributed by atoms with van der Waals surface area (Å²) >= 11 is 11.7. The largest absolute Gasteiger partial charge is 0.494 e. The summed E-state index contributed by atoms with van der Waals surface area (Å²) in [7, 11) is 0. The standard InChI is InChI=1S/C16H15Cl2NO2/c17-12-9-13(18)11-14(10-12)19-16(20)7-4-8-21-15-5-2-1-3-6-15/h1-3,5-6,9-11H,4,7-8H2,(H,19,20). The van der Waals surface area contributed by atoms with Gasteiger partial charge in [0.2, 0.25) is 5.91 Å². The van der Waals surface area contributed by atoms with E-state index in [1.165, 1.54) is 0 Å². The summed E-state index contributed by atoms with van der Waals surface area (Å²) in [6.07, 6.45) is 1.01.